The lowest BCUT2D eigenvalue weighted by Crippen LogP contribution is -2.25. The summed E-state index contributed by atoms with van der Waals surface area (Å²) in [6, 6.07) is 17.5. The molecule has 2 aromatic carbocycles. The van der Waals surface area contributed by atoms with Crippen molar-refractivity contribution in [2.24, 2.45) is 0 Å². The highest BCUT2D eigenvalue weighted by Crippen LogP contribution is 2.33. The first kappa shape index (κ1) is 20.1. The van der Waals surface area contributed by atoms with Crippen LogP contribution in [0, 0.1) is 6.92 Å². The van der Waals surface area contributed by atoms with Crippen LogP contribution in [0.3, 0.4) is 0 Å². The summed E-state index contributed by atoms with van der Waals surface area (Å²) in [5.41, 5.74) is 5.96. The lowest BCUT2D eigenvalue weighted by atomic mass is 10.1. The zero-order valence-electron chi connectivity index (χ0n) is 17.4. The topological polar surface area (TPSA) is 80.9 Å². The predicted molar refractivity (Wildman–Crippen MR) is 126 cm³/mol. The van der Waals surface area contributed by atoms with E-state index in [2.05, 4.69) is 46.6 Å². The van der Waals surface area contributed by atoms with Gasteiger partial charge in [-0.2, -0.15) is 0 Å². The van der Waals surface area contributed by atoms with Gasteiger partial charge in [0, 0.05) is 35.4 Å². The van der Waals surface area contributed by atoms with Crippen LogP contribution in [0.15, 0.2) is 76.9 Å². The molecular formula is C25H20N4O2S. The summed E-state index contributed by atoms with van der Waals surface area (Å²) in [6.07, 6.45) is 4.25. The number of nitrogens with one attached hydrogen (secondary N) is 1. The summed E-state index contributed by atoms with van der Waals surface area (Å²) in [5.74, 6) is -0.133. The molecule has 0 unspecified atom stereocenters. The molecule has 0 saturated carbocycles. The molecule has 5 aromatic rings. The van der Waals surface area contributed by atoms with Crippen molar-refractivity contribution >= 4 is 28.2 Å². The van der Waals surface area contributed by atoms with Crippen LogP contribution in [-0.4, -0.2) is 27.6 Å². The fourth-order valence-electron chi connectivity index (χ4n) is 3.45. The van der Waals surface area contributed by atoms with E-state index >= 15 is 0 Å². The van der Waals surface area contributed by atoms with Gasteiger partial charge in [-0.15, -0.1) is 11.3 Å². The second kappa shape index (κ2) is 8.72. The van der Waals surface area contributed by atoms with E-state index in [9.17, 15) is 4.79 Å². The Morgan fingerprint density at radius 1 is 1.06 bits per heavy atom. The number of benzene rings is 2. The van der Waals surface area contributed by atoms with E-state index in [0.717, 1.165) is 33.6 Å². The molecule has 0 radical (unpaired) electrons. The fraction of sp³-hybridized carbons (Fsp3) is 0.120. The summed E-state index contributed by atoms with van der Waals surface area (Å²) >= 11 is 1.56. The second-order valence-electron chi connectivity index (χ2n) is 7.51. The highest BCUT2D eigenvalue weighted by atomic mass is 32.1. The summed E-state index contributed by atoms with van der Waals surface area (Å²) in [6.45, 7) is 2.61. The quantitative estimate of drug-likeness (QED) is 0.388. The normalized spacial score (nSPS) is 11.0. The summed E-state index contributed by atoms with van der Waals surface area (Å²) < 4.78 is 5.48. The molecule has 0 fully saturated rings. The number of carbonyl (C=O) groups is 1. The molecule has 0 spiro atoms. The first-order valence-electron chi connectivity index (χ1n) is 10.3. The zero-order chi connectivity index (χ0) is 21.9. The van der Waals surface area contributed by atoms with Crippen LogP contribution in [-0.2, 0) is 6.42 Å². The standard InChI is InChI=1S/C25H20N4O2S/c1-16-2-4-18(5-3-16)25-28-21(15-32-25)23-20-14-19(6-7-22(20)31-29-23)24(30)27-13-10-17-8-11-26-12-9-17/h2-9,11-12,14-15H,10,13H2,1H3,(H,27,30). The number of rotatable bonds is 6. The highest BCUT2D eigenvalue weighted by Gasteiger charge is 2.16. The number of nitrogens with zero attached hydrogens (tertiary/aromatic N) is 3. The molecule has 3 heterocycles. The van der Waals surface area contributed by atoms with E-state index in [1.807, 2.05) is 23.6 Å². The third kappa shape index (κ3) is 4.15. The van der Waals surface area contributed by atoms with Crippen molar-refractivity contribution in [3.05, 3.63) is 89.1 Å². The first-order chi connectivity index (χ1) is 15.7. The fourth-order valence-corrected chi connectivity index (χ4v) is 4.26. The SMILES string of the molecule is Cc1ccc(-c2nc(-c3noc4ccc(C(=O)NCCc5ccncc5)cc34)cs2)cc1. The largest absolute Gasteiger partial charge is 0.356 e. The molecule has 0 aliphatic heterocycles. The van der Waals surface area contributed by atoms with E-state index in [-0.39, 0.29) is 5.91 Å². The molecule has 0 aliphatic rings. The first-order valence-corrected chi connectivity index (χ1v) is 11.1. The van der Waals surface area contributed by atoms with Crippen molar-refractivity contribution < 1.29 is 9.32 Å². The van der Waals surface area contributed by atoms with Crippen molar-refractivity contribution in [1.82, 2.24) is 20.4 Å². The number of pyridine rings is 1. The van der Waals surface area contributed by atoms with Gasteiger partial charge in [-0.25, -0.2) is 4.98 Å². The lowest BCUT2D eigenvalue weighted by molar-refractivity contribution is 0.0954. The lowest BCUT2D eigenvalue weighted by Gasteiger charge is -2.05. The molecule has 0 atom stereocenters. The number of hydrogen-bond donors (Lipinski definition) is 1. The Morgan fingerprint density at radius 3 is 2.69 bits per heavy atom. The van der Waals surface area contributed by atoms with Crippen LogP contribution in [0.25, 0.3) is 32.9 Å². The Labute approximate surface area is 189 Å². The van der Waals surface area contributed by atoms with Gasteiger partial charge in [-0.05, 0) is 49.2 Å². The molecule has 5 rings (SSSR count). The molecule has 158 valence electrons. The maximum absolute atomic E-state index is 12.7. The van der Waals surface area contributed by atoms with Gasteiger partial charge in [0.15, 0.2) is 5.58 Å². The van der Waals surface area contributed by atoms with Crippen LogP contribution in [0.1, 0.15) is 21.5 Å². The van der Waals surface area contributed by atoms with Gasteiger partial charge in [-0.1, -0.05) is 35.0 Å². The molecule has 1 amide bonds. The number of thiazole rings is 1. The van der Waals surface area contributed by atoms with Crippen molar-refractivity contribution in [2.75, 3.05) is 6.54 Å². The van der Waals surface area contributed by atoms with Gasteiger partial charge in [0.25, 0.3) is 5.91 Å². The number of amides is 1. The number of aryl methyl sites for hydroxylation is 1. The van der Waals surface area contributed by atoms with Gasteiger partial charge in [-0.3, -0.25) is 9.78 Å². The smallest absolute Gasteiger partial charge is 0.251 e. The minimum atomic E-state index is -0.133. The van der Waals surface area contributed by atoms with Crippen LogP contribution in [0.5, 0.6) is 0 Å². The molecule has 0 bridgehead atoms. The number of fused-ring (bicyclic) bond motifs is 1. The van der Waals surface area contributed by atoms with Crippen molar-refractivity contribution in [1.29, 1.82) is 0 Å². The third-order valence-corrected chi connectivity index (χ3v) is 6.12. The monoisotopic (exact) mass is 440 g/mol. The van der Waals surface area contributed by atoms with Gasteiger partial charge >= 0.3 is 0 Å². The van der Waals surface area contributed by atoms with Gasteiger partial charge < -0.3 is 9.84 Å². The number of aromatic nitrogens is 3. The van der Waals surface area contributed by atoms with Crippen molar-refractivity contribution in [3.63, 3.8) is 0 Å². The second-order valence-corrected chi connectivity index (χ2v) is 8.37. The molecule has 7 heteroatoms. The van der Waals surface area contributed by atoms with Crippen LogP contribution in [0.2, 0.25) is 0 Å². The maximum Gasteiger partial charge on any atom is 0.251 e. The number of carbonyl (C=O) groups excluding carboxylic acids is 1. The molecule has 32 heavy (non-hydrogen) atoms. The van der Waals surface area contributed by atoms with Gasteiger partial charge in [0.2, 0.25) is 0 Å². The molecular weight excluding hydrogens is 420 g/mol. The van der Waals surface area contributed by atoms with Crippen LogP contribution >= 0.6 is 11.3 Å². The molecule has 6 nitrogen and oxygen atoms in total. The number of hydrogen-bond acceptors (Lipinski definition) is 6. The molecule has 0 saturated heterocycles. The summed E-state index contributed by atoms with van der Waals surface area (Å²) in [4.78, 5) is 21.4. The Balaban J connectivity index is 1.36. The molecule has 0 aliphatic carbocycles. The average Bonchev–Trinajstić information content (AvgIpc) is 3.47. The Morgan fingerprint density at radius 2 is 1.88 bits per heavy atom. The van der Waals surface area contributed by atoms with Crippen molar-refractivity contribution in [3.8, 4) is 22.0 Å². The Bertz CT molecular complexity index is 1370. The van der Waals surface area contributed by atoms with E-state index in [1.54, 1.807) is 35.9 Å². The zero-order valence-corrected chi connectivity index (χ0v) is 18.2. The maximum atomic E-state index is 12.7. The van der Waals surface area contributed by atoms with E-state index in [1.165, 1.54) is 5.56 Å². The summed E-state index contributed by atoms with van der Waals surface area (Å²) in [5, 5.41) is 10.8. The van der Waals surface area contributed by atoms with Crippen LogP contribution in [0.4, 0.5) is 0 Å². The van der Waals surface area contributed by atoms with E-state index in [4.69, 9.17) is 9.51 Å². The van der Waals surface area contributed by atoms with Gasteiger partial charge in [0.05, 0.1) is 5.39 Å². The highest BCUT2D eigenvalue weighted by molar-refractivity contribution is 7.13. The minimum absolute atomic E-state index is 0.133. The Kier molecular flexibility index (Phi) is 5.47. The Hall–Kier alpha value is -3.84. The minimum Gasteiger partial charge on any atom is -0.356 e. The molecule has 1 N–H and O–H groups in total. The van der Waals surface area contributed by atoms with Gasteiger partial charge in [0.1, 0.15) is 16.4 Å². The molecule has 3 aromatic heterocycles. The van der Waals surface area contributed by atoms with E-state index < -0.39 is 0 Å². The van der Waals surface area contributed by atoms with Crippen molar-refractivity contribution in [2.45, 2.75) is 13.3 Å². The van der Waals surface area contributed by atoms with E-state index in [0.29, 0.717) is 23.4 Å². The predicted octanol–water partition coefficient (Wildman–Crippen LogP) is 5.29. The average molecular weight is 441 g/mol. The van der Waals surface area contributed by atoms with Crippen LogP contribution < -0.4 is 5.32 Å². The third-order valence-electron chi connectivity index (χ3n) is 5.23. The summed E-state index contributed by atoms with van der Waals surface area (Å²) in [7, 11) is 0.